The molecule has 1 saturated carbocycles. The molecule has 0 spiro atoms. The van der Waals surface area contributed by atoms with E-state index in [4.69, 9.17) is 11.6 Å². The van der Waals surface area contributed by atoms with Crippen LogP contribution in [0, 0.1) is 5.82 Å². The fraction of sp³-hybridized carbons (Fsp3) is 0.179. The number of amides is 1. The number of rotatable bonds is 8. The van der Waals surface area contributed by atoms with Crippen molar-refractivity contribution in [2.24, 2.45) is 0 Å². The van der Waals surface area contributed by atoms with Gasteiger partial charge in [0.1, 0.15) is 10.7 Å². The van der Waals surface area contributed by atoms with Crippen molar-refractivity contribution in [1.29, 1.82) is 0 Å². The van der Waals surface area contributed by atoms with Crippen molar-refractivity contribution >= 4 is 29.3 Å². The lowest BCUT2D eigenvalue weighted by Crippen LogP contribution is -2.24. The molecule has 3 aromatic carbocycles. The molecule has 1 fully saturated rings. The van der Waals surface area contributed by atoms with Gasteiger partial charge >= 0.3 is 5.97 Å². The molecule has 5 rings (SSSR count). The number of aliphatic carboxylic acids is 1. The second kappa shape index (κ2) is 9.59. The quantitative estimate of drug-likeness (QED) is 0.308. The first-order valence-electron chi connectivity index (χ1n) is 11.6. The second-order valence-corrected chi connectivity index (χ2v) is 9.27. The second-order valence-electron chi connectivity index (χ2n) is 8.86. The first-order valence-corrected chi connectivity index (χ1v) is 12.0. The number of hydrogen-bond donors (Lipinski definition) is 2. The van der Waals surface area contributed by atoms with E-state index in [1.807, 2.05) is 36.4 Å². The maximum atomic E-state index is 16.2. The third kappa shape index (κ3) is 4.38. The zero-order valence-electron chi connectivity index (χ0n) is 19.2. The molecule has 0 bridgehead atoms. The first-order chi connectivity index (χ1) is 17.4. The van der Waals surface area contributed by atoms with Crippen LogP contribution in [0.15, 0.2) is 79.0 Å². The highest BCUT2D eigenvalue weighted by Gasteiger charge is 2.54. The SMILES string of the molecule is O=C(CCc1ccccc1)Nc1c(Cl)cnn1-c1c(C2(C(=O)O)CC2)ccc(-c2ccccc2)c1F. The summed E-state index contributed by atoms with van der Waals surface area (Å²) in [6.45, 7) is 0. The fourth-order valence-electron chi connectivity index (χ4n) is 4.43. The lowest BCUT2D eigenvalue weighted by molar-refractivity contribution is -0.140. The maximum absolute atomic E-state index is 16.2. The molecule has 0 aliphatic heterocycles. The van der Waals surface area contributed by atoms with Crippen LogP contribution in [0.5, 0.6) is 0 Å². The number of anilines is 1. The van der Waals surface area contributed by atoms with Crippen LogP contribution >= 0.6 is 11.6 Å². The van der Waals surface area contributed by atoms with Gasteiger partial charge in [0.2, 0.25) is 5.91 Å². The van der Waals surface area contributed by atoms with Crippen molar-refractivity contribution in [2.45, 2.75) is 31.1 Å². The zero-order chi connectivity index (χ0) is 25.3. The minimum absolute atomic E-state index is 0.0264. The number of carbonyl (C=O) groups excluding carboxylic acids is 1. The van der Waals surface area contributed by atoms with Crippen LogP contribution in [0.1, 0.15) is 30.4 Å². The topological polar surface area (TPSA) is 84.2 Å². The average molecular weight is 504 g/mol. The van der Waals surface area contributed by atoms with Crippen molar-refractivity contribution in [1.82, 2.24) is 9.78 Å². The van der Waals surface area contributed by atoms with Crippen LogP contribution < -0.4 is 5.32 Å². The number of carboxylic acids is 1. The van der Waals surface area contributed by atoms with Gasteiger partial charge in [-0.2, -0.15) is 5.10 Å². The fourth-order valence-corrected chi connectivity index (χ4v) is 4.60. The maximum Gasteiger partial charge on any atom is 0.314 e. The Bertz CT molecular complexity index is 1430. The molecule has 4 aromatic rings. The number of carboxylic acid groups (broad SMARTS) is 1. The molecule has 8 heteroatoms. The van der Waals surface area contributed by atoms with Gasteiger partial charge in [-0.1, -0.05) is 84.4 Å². The van der Waals surface area contributed by atoms with Gasteiger partial charge in [0, 0.05) is 12.0 Å². The molecule has 1 aliphatic rings. The molecule has 6 nitrogen and oxygen atoms in total. The van der Waals surface area contributed by atoms with E-state index in [9.17, 15) is 14.7 Å². The predicted octanol–water partition coefficient (Wildman–Crippen LogP) is 6.02. The summed E-state index contributed by atoms with van der Waals surface area (Å²) >= 11 is 6.37. The van der Waals surface area contributed by atoms with E-state index in [1.165, 1.54) is 10.9 Å². The Labute approximate surface area is 212 Å². The lowest BCUT2D eigenvalue weighted by Gasteiger charge is -2.20. The Hall–Kier alpha value is -3.97. The number of halogens is 2. The largest absolute Gasteiger partial charge is 0.481 e. The molecule has 1 amide bonds. The number of benzene rings is 3. The molecular formula is C28H23ClFN3O3. The summed E-state index contributed by atoms with van der Waals surface area (Å²) in [6.07, 6.45) is 2.78. The highest BCUT2D eigenvalue weighted by atomic mass is 35.5. The number of nitrogens with zero attached hydrogens (tertiary/aromatic N) is 2. The molecule has 0 saturated heterocycles. The Morgan fingerprint density at radius 1 is 1.03 bits per heavy atom. The minimum Gasteiger partial charge on any atom is -0.481 e. The third-order valence-electron chi connectivity index (χ3n) is 6.55. The Kier molecular flexibility index (Phi) is 6.33. The standard InChI is InChI=1S/C28H23ClFN3O3/c29-22-17-31-33(26(22)32-23(34)14-11-18-7-3-1-4-8-18)25-21(28(15-16-28)27(35)36)13-12-20(24(25)30)19-9-5-2-6-10-19/h1-10,12-13,17H,11,14-16H2,(H,32,34)(H,35,36). The number of nitrogens with one attached hydrogen (secondary N) is 1. The molecule has 2 N–H and O–H groups in total. The van der Waals surface area contributed by atoms with E-state index in [1.54, 1.807) is 36.4 Å². The minimum atomic E-state index is -1.21. The lowest BCUT2D eigenvalue weighted by atomic mass is 9.91. The summed E-state index contributed by atoms with van der Waals surface area (Å²) in [5.41, 5.74) is 0.998. The van der Waals surface area contributed by atoms with Gasteiger partial charge in [0.15, 0.2) is 11.6 Å². The number of aryl methyl sites for hydroxylation is 1. The van der Waals surface area contributed by atoms with Crippen LogP contribution in [-0.4, -0.2) is 26.8 Å². The van der Waals surface area contributed by atoms with Gasteiger partial charge in [-0.3, -0.25) is 9.59 Å². The van der Waals surface area contributed by atoms with E-state index in [0.717, 1.165) is 5.56 Å². The summed E-state index contributed by atoms with van der Waals surface area (Å²) < 4.78 is 17.4. The summed E-state index contributed by atoms with van der Waals surface area (Å²) in [5.74, 6) is -1.88. The first kappa shape index (κ1) is 23.8. The monoisotopic (exact) mass is 503 g/mol. The Morgan fingerprint density at radius 2 is 1.69 bits per heavy atom. The van der Waals surface area contributed by atoms with Crippen LogP contribution in [0.4, 0.5) is 10.2 Å². The summed E-state index contributed by atoms with van der Waals surface area (Å²) in [4.78, 5) is 25.0. The average Bonchev–Trinajstić information content (AvgIpc) is 3.64. The van der Waals surface area contributed by atoms with Crippen molar-refractivity contribution < 1.29 is 19.1 Å². The van der Waals surface area contributed by atoms with Crippen LogP contribution in [-0.2, 0) is 21.4 Å². The Morgan fingerprint density at radius 3 is 2.33 bits per heavy atom. The third-order valence-corrected chi connectivity index (χ3v) is 6.83. The number of hydrogen-bond acceptors (Lipinski definition) is 3. The Balaban J connectivity index is 1.56. The van der Waals surface area contributed by atoms with Crippen molar-refractivity contribution in [3.8, 4) is 16.8 Å². The van der Waals surface area contributed by atoms with E-state index < -0.39 is 17.2 Å². The summed E-state index contributed by atoms with van der Waals surface area (Å²) in [6, 6.07) is 21.8. The molecule has 1 aromatic heterocycles. The van der Waals surface area contributed by atoms with E-state index >= 15 is 4.39 Å². The van der Waals surface area contributed by atoms with Gasteiger partial charge < -0.3 is 10.4 Å². The molecular weight excluding hydrogens is 481 g/mol. The van der Waals surface area contributed by atoms with Crippen LogP contribution in [0.2, 0.25) is 5.02 Å². The van der Waals surface area contributed by atoms with Gasteiger partial charge in [0.05, 0.1) is 11.6 Å². The van der Waals surface area contributed by atoms with Gasteiger partial charge in [-0.25, -0.2) is 9.07 Å². The highest BCUT2D eigenvalue weighted by molar-refractivity contribution is 6.33. The van der Waals surface area contributed by atoms with Crippen LogP contribution in [0.3, 0.4) is 0 Å². The molecule has 0 atom stereocenters. The normalized spacial score (nSPS) is 13.8. The van der Waals surface area contributed by atoms with Gasteiger partial charge in [-0.15, -0.1) is 0 Å². The van der Waals surface area contributed by atoms with Crippen molar-refractivity contribution in [3.05, 3.63) is 101 Å². The molecule has 1 heterocycles. The van der Waals surface area contributed by atoms with Gasteiger partial charge in [-0.05, 0) is 36.0 Å². The summed E-state index contributed by atoms with van der Waals surface area (Å²) in [5, 5.41) is 17.1. The van der Waals surface area contributed by atoms with Crippen LogP contribution in [0.25, 0.3) is 16.8 Å². The van der Waals surface area contributed by atoms with Crippen molar-refractivity contribution in [2.75, 3.05) is 5.32 Å². The smallest absolute Gasteiger partial charge is 0.314 e. The number of carbonyl (C=O) groups is 2. The molecule has 0 unspecified atom stereocenters. The molecule has 0 radical (unpaired) electrons. The summed E-state index contributed by atoms with van der Waals surface area (Å²) in [7, 11) is 0. The van der Waals surface area contributed by atoms with E-state index in [2.05, 4.69) is 10.4 Å². The zero-order valence-corrected chi connectivity index (χ0v) is 20.0. The highest BCUT2D eigenvalue weighted by Crippen LogP contribution is 2.52. The van der Waals surface area contributed by atoms with E-state index in [-0.39, 0.29) is 28.9 Å². The molecule has 1 aliphatic carbocycles. The molecule has 36 heavy (non-hydrogen) atoms. The number of aromatic nitrogens is 2. The predicted molar refractivity (Wildman–Crippen MR) is 136 cm³/mol. The van der Waals surface area contributed by atoms with E-state index in [0.29, 0.717) is 36.0 Å². The van der Waals surface area contributed by atoms with Gasteiger partial charge in [0.25, 0.3) is 0 Å². The molecule has 182 valence electrons. The van der Waals surface area contributed by atoms with Crippen molar-refractivity contribution in [3.63, 3.8) is 0 Å².